The number of hydrogen-bond acceptors (Lipinski definition) is 3. The predicted molar refractivity (Wildman–Crippen MR) is 87.2 cm³/mol. The number of piperidine rings is 1. The number of aliphatic hydroxyl groups is 1. The summed E-state index contributed by atoms with van der Waals surface area (Å²) in [5.74, 6) is 0.686. The zero-order valence-electron chi connectivity index (χ0n) is 13.8. The number of fused-ring (bicyclic) bond motifs is 1. The van der Waals surface area contributed by atoms with Crippen molar-refractivity contribution in [2.45, 2.75) is 43.7 Å². The summed E-state index contributed by atoms with van der Waals surface area (Å²) < 4.78 is 5.55. The van der Waals surface area contributed by atoms with E-state index in [0.29, 0.717) is 6.54 Å². The molecule has 1 heterocycles. The van der Waals surface area contributed by atoms with Gasteiger partial charge in [-0.1, -0.05) is 25.0 Å². The number of amides is 1. The molecule has 1 saturated carbocycles. The van der Waals surface area contributed by atoms with E-state index in [1.54, 1.807) is 7.11 Å². The molecule has 0 radical (unpaired) electrons. The third kappa shape index (κ3) is 3.08. The van der Waals surface area contributed by atoms with Crippen molar-refractivity contribution in [3.05, 3.63) is 29.8 Å². The van der Waals surface area contributed by atoms with Gasteiger partial charge in [0.2, 0.25) is 0 Å². The van der Waals surface area contributed by atoms with Gasteiger partial charge < -0.3 is 20.5 Å². The highest BCUT2D eigenvalue weighted by molar-refractivity contribution is 5.74. The number of para-hydroxylation sites is 1. The van der Waals surface area contributed by atoms with E-state index in [0.717, 1.165) is 54.9 Å². The van der Waals surface area contributed by atoms with Crippen LogP contribution in [0.25, 0.3) is 0 Å². The second-order valence-electron chi connectivity index (χ2n) is 6.98. The lowest BCUT2D eigenvalue weighted by molar-refractivity contribution is -0.937. The Hall–Kier alpha value is -1.59. The molecule has 4 N–H and O–H groups in total. The molecule has 4 atom stereocenters. The van der Waals surface area contributed by atoms with E-state index in [1.807, 2.05) is 18.2 Å². The van der Waals surface area contributed by atoms with Gasteiger partial charge in [0.1, 0.15) is 11.8 Å². The van der Waals surface area contributed by atoms with Crippen molar-refractivity contribution in [1.29, 1.82) is 0 Å². The minimum Gasteiger partial charge on any atom is -0.496 e. The average Bonchev–Trinajstić information content (AvgIpc) is 2.54. The summed E-state index contributed by atoms with van der Waals surface area (Å²) >= 11 is 0. The summed E-state index contributed by atoms with van der Waals surface area (Å²) in [6.07, 6.45) is 4.79. The fraction of sp³-hybridized carbons (Fsp3) is 0.611. The van der Waals surface area contributed by atoms with Gasteiger partial charge in [-0.05, 0) is 25.0 Å². The molecular weight excluding hydrogens is 292 g/mol. The smallest absolute Gasteiger partial charge is 0.272 e. The van der Waals surface area contributed by atoms with E-state index >= 15 is 0 Å². The number of methoxy groups -OCH3 is 1. The highest BCUT2D eigenvalue weighted by Gasteiger charge is 2.52. The molecule has 5 heteroatoms. The van der Waals surface area contributed by atoms with Crippen LogP contribution in [0.5, 0.6) is 5.75 Å². The van der Waals surface area contributed by atoms with Gasteiger partial charge in [-0.2, -0.15) is 0 Å². The fourth-order valence-electron chi connectivity index (χ4n) is 4.64. The first kappa shape index (κ1) is 16.3. The Labute approximate surface area is 137 Å². The van der Waals surface area contributed by atoms with E-state index < -0.39 is 5.60 Å². The second kappa shape index (κ2) is 6.49. The topological polar surface area (TPSA) is 77.0 Å². The number of carbonyl (C=O) groups excluding carboxylic acids is 1. The van der Waals surface area contributed by atoms with Crippen molar-refractivity contribution < 1.29 is 19.5 Å². The van der Waals surface area contributed by atoms with Gasteiger partial charge in [0.05, 0.1) is 24.8 Å². The minimum absolute atomic E-state index is 0.0534. The summed E-state index contributed by atoms with van der Waals surface area (Å²) in [5, 5.41) is 11.2. The van der Waals surface area contributed by atoms with Crippen LogP contribution in [0.1, 0.15) is 43.7 Å². The monoisotopic (exact) mass is 319 g/mol. The van der Waals surface area contributed by atoms with Crippen LogP contribution in [0.2, 0.25) is 0 Å². The number of ether oxygens (including phenoxy) is 1. The first-order valence-corrected chi connectivity index (χ1v) is 8.53. The molecule has 3 rings (SSSR count). The number of benzene rings is 1. The lowest BCUT2D eigenvalue weighted by atomic mass is 9.66. The largest absolute Gasteiger partial charge is 0.496 e. The van der Waals surface area contributed by atoms with Crippen LogP contribution in [0.3, 0.4) is 0 Å². The van der Waals surface area contributed by atoms with Gasteiger partial charge in [0.15, 0.2) is 6.54 Å². The standard InChI is InChI=1S/C18H26N2O3/c1-23-15-8-3-2-6-13(15)17-14-7-4-5-9-18(14,22)10-11-20(17)12-16(19)21/h2-3,6,8,14,17,22H,4-5,7,9-12H2,1H3,(H2,19,21)/p+1/t14-,17+,18-/m1/s1. The van der Waals surface area contributed by atoms with Crippen molar-refractivity contribution in [3.8, 4) is 5.75 Å². The molecule has 5 nitrogen and oxygen atoms in total. The number of carbonyl (C=O) groups is 1. The molecule has 0 spiro atoms. The highest BCUT2D eigenvalue weighted by atomic mass is 16.5. The number of primary amides is 1. The molecule has 0 bridgehead atoms. The van der Waals surface area contributed by atoms with E-state index in [9.17, 15) is 9.90 Å². The molecule has 1 aromatic carbocycles. The van der Waals surface area contributed by atoms with Crippen LogP contribution >= 0.6 is 0 Å². The predicted octanol–water partition coefficient (Wildman–Crippen LogP) is 0.432. The van der Waals surface area contributed by atoms with Gasteiger partial charge in [0, 0.05) is 12.3 Å². The highest BCUT2D eigenvalue weighted by Crippen LogP contribution is 2.45. The Kier molecular flexibility index (Phi) is 4.60. The summed E-state index contributed by atoms with van der Waals surface area (Å²) in [4.78, 5) is 12.7. The van der Waals surface area contributed by atoms with Crippen molar-refractivity contribution in [2.75, 3.05) is 20.2 Å². The third-order valence-corrected chi connectivity index (χ3v) is 5.66. The Bertz CT molecular complexity index is 577. The van der Waals surface area contributed by atoms with E-state index in [4.69, 9.17) is 10.5 Å². The maximum absolute atomic E-state index is 11.5. The molecule has 1 aliphatic carbocycles. The molecule has 126 valence electrons. The van der Waals surface area contributed by atoms with E-state index in [-0.39, 0.29) is 17.9 Å². The molecule has 23 heavy (non-hydrogen) atoms. The van der Waals surface area contributed by atoms with Gasteiger partial charge in [-0.15, -0.1) is 0 Å². The van der Waals surface area contributed by atoms with Crippen LogP contribution in [0.4, 0.5) is 0 Å². The molecule has 1 saturated heterocycles. The fourth-order valence-corrected chi connectivity index (χ4v) is 4.64. The lowest BCUT2D eigenvalue weighted by Gasteiger charge is -2.50. The summed E-state index contributed by atoms with van der Waals surface area (Å²) in [7, 11) is 1.67. The third-order valence-electron chi connectivity index (χ3n) is 5.66. The first-order valence-electron chi connectivity index (χ1n) is 8.53. The van der Waals surface area contributed by atoms with Crippen molar-refractivity contribution in [3.63, 3.8) is 0 Å². The van der Waals surface area contributed by atoms with Crippen LogP contribution in [-0.4, -0.2) is 36.8 Å². The Morgan fingerprint density at radius 2 is 2.17 bits per heavy atom. The van der Waals surface area contributed by atoms with Crippen LogP contribution in [-0.2, 0) is 4.79 Å². The maximum atomic E-state index is 11.5. The summed E-state index contributed by atoms with van der Waals surface area (Å²) in [5.41, 5.74) is 5.94. The van der Waals surface area contributed by atoms with Gasteiger partial charge >= 0.3 is 0 Å². The zero-order chi connectivity index (χ0) is 16.4. The zero-order valence-corrected chi connectivity index (χ0v) is 13.8. The Morgan fingerprint density at radius 3 is 2.91 bits per heavy atom. The van der Waals surface area contributed by atoms with Crippen molar-refractivity contribution in [2.24, 2.45) is 11.7 Å². The van der Waals surface area contributed by atoms with Crippen molar-refractivity contribution >= 4 is 5.91 Å². The maximum Gasteiger partial charge on any atom is 0.272 e. The van der Waals surface area contributed by atoms with E-state index in [2.05, 4.69) is 6.07 Å². The summed E-state index contributed by atoms with van der Waals surface area (Å²) in [6.45, 7) is 1.06. The molecular formula is C18H27N2O3+. The van der Waals surface area contributed by atoms with Gasteiger partial charge in [-0.3, -0.25) is 4.79 Å². The van der Waals surface area contributed by atoms with Crippen molar-refractivity contribution in [1.82, 2.24) is 0 Å². The molecule has 2 aliphatic rings. The first-order chi connectivity index (χ1) is 11.0. The normalized spacial score (nSPS) is 33.7. The Morgan fingerprint density at radius 1 is 1.39 bits per heavy atom. The number of likely N-dealkylation sites (tertiary alicyclic amines) is 1. The molecule has 1 unspecified atom stereocenters. The molecule has 1 aliphatic heterocycles. The molecule has 1 aromatic rings. The number of hydrogen-bond donors (Lipinski definition) is 3. The molecule has 1 amide bonds. The second-order valence-corrected chi connectivity index (χ2v) is 6.98. The Balaban J connectivity index is 2.02. The summed E-state index contributed by atoms with van der Waals surface area (Å²) in [6, 6.07) is 8.01. The van der Waals surface area contributed by atoms with Crippen LogP contribution in [0, 0.1) is 5.92 Å². The van der Waals surface area contributed by atoms with Gasteiger partial charge in [-0.25, -0.2) is 0 Å². The number of nitrogens with one attached hydrogen (secondary N) is 1. The SMILES string of the molecule is COc1ccccc1[C@H]1[C@H]2CCCC[C@@]2(O)CC[NH+]1CC(N)=O. The van der Waals surface area contributed by atoms with Crippen LogP contribution in [0.15, 0.2) is 24.3 Å². The van der Waals surface area contributed by atoms with Crippen LogP contribution < -0.4 is 15.4 Å². The minimum atomic E-state index is -0.620. The quantitative estimate of drug-likeness (QED) is 0.753. The lowest BCUT2D eigenvalue weighted by Crippen LogP contribution is -3.16. The van der Waals surface area contributed by atoms with E-state index in [1.165, 1.54) is 0 Å². The number of quaternary nitrogens is 1. The molecule has 0 aromatic heterocycles. The number of nitrogens with two attached hydrogens (primary N) is 1. The number of rotatable bonds is 4. The average molecular weight is 319 g/mol. The van der Waals surface area contributed by atoms with Gasteiger partial charge in [0.25, 0.3) is 5.91 Å². The molecule has 2 fully saturated rings.